The lowest BCUT2D eigenvalue weighted by Gasteiger charge is -2.20. The quantitative estimate of drug-likeness (QED) is 0.675. The zero-order valence-corrected chi connectivity index (χ0v) is 15.9. The lowest BCUT2D eigenvalue weighted by molar-refractivity contribution is -0.122. The van der Waals surface area contributed by atoms with Crippen LogP contribution in [0, 0.1) is 0 Å². The topological polar surface area (TPSA) is 47.6 Å². The number of amides is 1. The Morgan fingerprint density at radius 2 is 1.81 bits per heavy atom. The van der Waals surface area contributed by atoms with Crippen molar-refractivity contribution >= 4 is 11.6 Å². The summed E-state index contributed by atoms with van der Waals surface area (Å²) in [5.41, 5.74) is 3.48. The normalized spacial score (nSPS) is 14.0. The van der Waals surface area contributed by atoms with E-state index >= 15 is 0 Å². The van der Waals surface area contributed by atoms with Crippen LogP contribution < -0.4 is 14.8 Å². The van der Waals surface area contributed by atoms with Crippen LogP contribution >= 0.6 is 0 Å². The standard InChI is InChI=1S/C23H27NO3/c1-3-15-26-20-13-10-19(11-14-20)24-23(25)22(4-2)27-21-12-9-17-7-5-6-8-18(17)16-21/h3,9-14,16,22H,1,4-8,15H2,2H3,(H,24,25)/t22-/m0/s1. The highest BCUT2D eigenvalue weighted by molar-refractivity contribution is 5.94. The molecule has 0 bridgehead atoms. The van der Waals surface area contributed by atoms with E-state index in [0.717, 1.165) is 30.0 Å². The molecule has 1 aliphatic rings. The molecule has 0 heterocycles. The Balaban J connectivity index is 1.61. The second-order valence-electron chi connectivity index (χ2n) is 6.77. The van der Waals surface area contributed by atoms with Crippen LogP contribution in [0.1, 0.15) is 37.3 Å². The number of rotatable bonds is 8. The van der Waals surface area contributed by atoms with Gasteiger partial charge in [-0.25, -0.2) is 0 Å². The number of hydrogen-bond acceptors (Lipinski definition) is 3. The number of carbonyl (C=O) groups is 1. The van der Waals surface area contributed by atoms with E-state index in [2.05, 4.69) is 24.0 Å². The fraction of sp³-hybridized carbons (Fsp3) is 0.348. The maximum absolute atomic E-state index is 12.6. The van der Waals surface area contributed by atoms with Crippen molar-refractivity contribution in [2.75, 3.05) is 11.9 Å². The molecule has 1 atom stereocenters. The van der Waals surface area contributed by atoms with E-state index in [0.29, 0.717) is 13.0 Å². The molecule has 0 saturated heterocycles. The molecule has 27 heavy (non-hydrogen) atoms. The van der Waals surface area contributed by atoms with Crippen LogP contribution in [0.25, 0.3) is 0 Å². The Morgan fingerprint density at radius 1 is 1.11 bits per heavy atom. The number of benzene rings is 2. The first-order chi connectivity index (χ1) is 13.2. The van der Waals surface area contributed by atoms with Gasteiger partial charge in [-0.1, -0.05) is 25.6 Å². The van der Waals surface area contributed by atoms with Gasteiger partial charge in [-0.05, 0) is 79.6 Å². The van der Waals surface area contributed by atoms with Gasteiger partial charge in [0.2, 0.25) is 0 Å². The monoisotopic (exact) mass is 365 g/mol. The summed E-state index contributed by atoms with van der Waals surface area (Å²) in [7, 11) is 0. The maximum Gasteiger partial charge on any atom is 0.265 e. The van der Waals surface area contributed by atoms with Crippen LogP contribution in [-0.4, -0.2) is 18.6 Å². The van der Waals surface area contributed by atoms with Crippen LogP contribution in [0.15, 0.2) is 55.1 Å². The molecule has 0 unspecified atom stereocenters. The molecular weight excluding hydrogens is 338 g/mol. The van der Waals surface area contributed by atoms with E-state index in [9.17, 15) is 4.79 Å². The van der Waals surface area contributed by atoms with E-state index in [1.54, 1.807) is 6.08 Å². The van der Waals surface area contributed by atoms with E-state index in [1.165, 1.54) is 24.0 Å². The van der Waals surface area contributed by atoms with Crippen molar-refractivity contribution in [3.05, 3.63) is 66.2 Å². The SMILES string of the molecule is C=CCOc1ccc(NC(=O)[C@H](CC)Oc2ccc3c(c2)CCCC3)cc1. The van der Waals surface area contributed by atoms with Gasteiger partial charge >= 0.3 is 0 Å². The number of carbonyl (C=O) groups excluding carboxylic acids is 1. The minimum Gasteiger partial charge on any atom is -0.490 e. The van der Waals surface area contributed by atoms with Gasteiger partial charge in [0.15, 0.2) is 6.10 Å². The first kappa shape index (κ1) is 19.0. The van der Waals surface area contributed by atoms with Crippen molar-refractivity contribution < 1.29 is 14.3 Å². The van der Waals surface area contributed by atoms with Crippen LogP contribution in [0.5, 0.6) is 11.5 Å². The highest BCUT2D eigenvalue weighted by atomic mass is 16.5. The van der Waals surface area contributed by atoms with Gasteiger partial charge in [0, 0.05) is 5.69 Å². The molecule has 0 aliphatic heterocycles. The minimum atomic E-state index is -0.525. The molecule has 0 aromatic heterocycles. The number of aryl methyl sites for hydroxylation is 2. The fourth-order valence-corrected chi connectivity index (χ4v) is 3.28. The van der Waals surface area contributed by atoms with E-state index in [-0.39, 0.29) is 5.91 Å². The first-order valence-corrected chi connectivity index (χ1v) is 9.62. The number of ether oxygens (including phenoxy) is 2. The summed E-state index contributed by atoms with van der Waals surface area (Å²) in [5, 5.41) is 2.92. The average molecular weight is 365 g/mol. The number of hydrogen-bond donors (Lipinski definition) is 1. The number of fused-ring (bicyclic) bond motifs is 1. The summed E-state index contributed by atoms with van der Waals surface area (Å²) in [5.74, 6) is 1.37. The summed E-state index contributed by atoms with van der Waals surface area (Å²) in [4.78, 5) is 12.6. The van der Waals surface area contributed by atoms with Crippen molar-refractivity contribution in [2.24, 2.45) is 0 Å². The molecule has 2 aromatic rings. The Bertz CT molecular complexity index is 783. The minimum absolute atomic E-state index is 0.144. The molecule has 3 rings (SSSR count). The van der Waals surface area contributed by atoms with Crippen molar-refractivity contribution in [1.29, 1.82) is 0 Å². The molecule has 0 fully saturated rings. The molecule has 2 aromatic carbocycles. The number of anilines is 1. The molecule has 142 valence electrons. The first-order valence-electron chi connectivity index (χ1n) is 9.62. The Labute approximate surface area is 161 Å². The third-order valence-electron chi connectivity index (χ3n) is 4.75. The molecule has 1 amide bonds. The summed E-state index contributed by atoms with van der Waals surface area (Å²) in [6.07, 6.45) is 6.48. The smallest absolute Gasteiger partial charge is 0.265 e. The Hall–Kier alpha value is -2.75. The molecular formula is C23H27NO3. The Kier molecular flexibility index (Phi) is 6.53. The van der Waals surface area contributed by atoms with Crippen LogP contribution in [0.4, 0.5) is 5.69 Å². The zero-order chi connectivity index (χ0) is 19.1. The summed E-state index contributed by atoms with van der Waals surface area (Å²) in [6, 6.07) is 13.5. The molecule has 0 radical (unpaired) electrons. The van der Waals surface area contributed by atoms with Gasteiger partial charge in [0.1, 0.15) is 18.1 Å². The van der Waals surface area contributed by atoms with E-state index in [1.807, 2.05) is 37.3 Å². The predicted octanol–water partition coefficient (Wildman–Crippen LogP) is 4.93. The van der Waals surface area contributed by atoms with Crippen LogP contribution in [0.2, 0.25) is 0 Å². The molecule has 4 heteroatoms. The summed E-state index contributed by atoms with van der Waals surface area (Å²) >= 11 is 0. The third kappa shape index (κ3) is 5.13. The van der Waals surface area contributed by atoms with Crippen molar-refractivity contribution in [3.63, 3.8) is 0 Å². The third-order valence-corrected chi connectivity index (χ3v) is 4.75. The van der Waals surface area contributed by atoms with Crippen molar-refractivity contribution in [1.82, 2.24) is 0 Å². The van der Waals surface area contributed by atoms with Gasteiger partial charge in [0.05, 0.1) is 0 Å². The van der Waals surface area contributed by atoms with Crippen LogP contribution in [0.3, 0.4) is 0 Å². The lowest BCUT2D eigenvalue weighted by atomic mass is 9.92. The maximum atomic E-state index is 12.6. The van der Waals surface area contributed by atoms with Gasteiger partial charge in [0.25, 0.3) is 5.91 Å². The van der Waals surface area contributed by atoms with Crippen LogP contribution in [-0.2, 0) is 17.6 Å². The van der Waals surface area contributed by atoms with Crippen molar-refractivity contribution in [3.8, 4) is 11.5 Å². The molecule has 1 N–H and O–H groups in total. The number of nitrogens with one attached hydrogen (secondary N) is 1. The lowest BCUT2D eigenvalue weighted by Crippen LogP contribution is -2.32. The molecule has 0 saturated carbocycles. The Morgan fingerprint density at radius 3 is 2.52 bits per heavy atom. The van der Waals surface area contributed by atoms with E-state index in [4.69, 9.17) is 9.47 Å². The van der Waals surface area contributed by atoms with Gasteiger partial charge < -0.3 is 14.8 Å². The van der Waals surface area contributed by atoms with Gasteiger partial charge in [-0.15, -0.1) is 0 Å². The highest BCUT2D eigenvalue weighted by Crippen LogP contribution is 2.26. The molecule has 4 nitrogen and oxygen atoms in total. The van der Waals surface area contributed by atoms with Gasteiger partial charge in [-0.3, -0.25) is 4.79 Å². The summed E-state index contributed by atoms with van der Waals surface area (Å²) < 4.78 is 11.4. The fourth-order valence-electron chi connectivity index (χ4n) is 3.28. The molecule has 1 aliphatic carbocycles. The molecule has 0 spiro atoms. The largest absolute Gasteiger partial charge is 0.490 e. The second-order valence-corrected chi connectivity index (χ2v) is 6.77. The predicted molar refractivity (Wildman–Crippen MR) is 109 cm³/mol. The second kappa shape index (κ2) is 9.26. The van der Waals surface area contributed by atoms with Gasteiger partial charge in [-0.2, -0.15) is 0 Å². The van der Waals surface area contributed by atoms with E-state index < -0.39 is 6.10 Å². The summed E-state index contributed by atoms with van der Waals surface area (Å²) in [6.45, 7) is 6.03. The van der Waals surface area contributed by atoms with Crippen molar-refractivity contribution in [2.45, 2.75) is 45.1 Å². The average Bonchev–Trinajstić information content (AvgIpc) is 2.71. The highest BCUT2D eigenvalue weighted by Gasteiger charge is 2.19. The zero-order valence-electron chi connectivity index (χ0n) is 15.9.